The zero-order valence-corrected chi connectivity index (χ0v) is 14.0. The van der Waals surface area contributed by atoms with Crippen LogP contribution >= 0.6 is 0 Å². The normalized spacial score (nSPS) is 25.6. The molecule has 0 aromatic rings. The second-order valence-electron chi connectivity index (χ2n) is 6.69. The SMILES string of the molecule is CCN1CCN(C2CCN(CCC(=O)NC(C)C)C2)CC1. The Morgan fingerprint density at radius 2 is 1.86 bits per heavy atom. The highest BCUT2D eigenvalue weighted by molar-refractivity contribution is 5.76. The van der Waals surface area contributed by atoms with Gasteiger partial charge < -0.3 is 15.1 Å². The summed E-state index contributed by atoms with van der Waals surface area (Å²) in [5.41, 5.74) is 0. The van der Waals surface area contributed by atoms with Gasteiger partial charge in [-0.25, -0.2) is 0 Å². The summed E-state index contributed by atoms with van der Waals surface area (Å²) in [5, 5.41) is 2.97. The van der Waals surface area contributed by atoms with E-state index in [0.29, 0.717) is 12.5 Å². The van der Waals surface area contributed by atoms with Crippen LogP contribution in [0, 0.1) is 0 Å². The van der Waals surface area contributed by atoms with Gasteiger partial charge in [-0.15, -0.1) is 0 Å². The van der Waals surface area contributed by atoms with Crippen molar-refractivity contribution in [2.75, 3.05) is 52.4 Å². The standard InChI is InChI=1S/C16H32N4O/c1-4-18-9-11-20(12-10-18)15-5-7-19(13-15)8-6-16(21)17-14(2)3/h14-15H,4-13H2,1-3H3,(H,17,21). The van der Waals surface area contributed by atoms with Crippen molar-refractivity contribution in [3.05, 3.63) is 0 Å². The van der Waals surface area contributed by atoms with Crippen LogP contribution in [0.1, 0.15) is 33.6 Å². The van der Waals surface area contributed by atoms with Crippen molar-refractivity contribution in [2.45, 2.75) is 45.7 Å². The van der Waals surface area contributed by atoms with Gasteiger partial charge in [-0.3, -0.25) is 9.69 Å². The van der Waals surface area contributed by atoms with Crippen LogP contribution in [0.3, 0.4) is 0 Å². The molecule has 1 N–H and O–H groups in total. The lowest BCUT2D eigenvalue weighted by Crippen LogP contribution is -2.50. The smallest absolute Gasteiger partial charge is 0.221 e. The summed E-state index contributed by atoms with van der Waals surface area (Å²) in [6.07, 6.45) is 1.90. The van der Waals surface area contributed by atoms with Crippen molar-refractivity contribution in [1.29, 1.82) is 0 Å². The van der Waals surface area contributed by atoms with Crippen molar-refractivity contribution < 1.29 is 4.79 Å². The molecule has 2 saturated heterocycles. The molecule has 2 aliphatic heterocycles. The van der Waals surface area contributed by atoms with Gasteiger partial charge in [-0.05, 0) is 33.4 Å². The second-order valence-corrected chi connectivity index (χ2v) is 6.69. The molecule has 21 heavy (non-hydrogen) atoms. The van der Waals surface area contributed by atoms with E-state index in [4.69, 9.17) is 0 Å². The highest BCUT2D eigenvalue weighted by Crippen LogP contribution is 2.17. The van der Waals surface area contributed by atoms with Gasteiger partial charge in [-0.1, -0.05) is 6.92 Å². The molecule has 2 heterocycles. The van der Waals surface area contributed by atoms with Crippen LogP contribution in [0.25, 0.3) is 0 Å². The number of likely N-dealkylation sites (tertiary alicyclic amines) is 1. The number of nitrogens with zero attached hydrogens (tertiary/aromatic N) is 3. The van der Waals surface area contributed by atoms with Gasteiger partial charge >= 0.3 is 0 Å². The Kier molecular flexibility index (Phi) is 6.45. The summed E-state index contributed by atoms with van der Waals surface area (Å²) in [5.74, 6) is 0.185. The minimum absolute atomic E-state index is 0.185. The van der Waals surface area contributed by atoms with Crippen LogP contribution in [0.15, 0.2) is 0 Å². The minimum atomic E-state index is 0.185. The van der Waals surface area contributed by atoms with Gasteiger partial charge in [0.25, 0.3) is 0 Å². The lowest BCUT2D eigenvalue weighted by molar-refractivity contribution is -0.121. The Labute approximate surface area is 129 Å². The predicted molar refractivity (Wildman–Crippen MR) is 86.4 cm³/mol. The molecule has 5 nitrogen and oxygen atoms in total. The number of carbonyl (C=O) groups is 1. The summed E-state index contributed by atoms with van der Waals surface area (Å²) in [6.45, 7) is 15.5. The van der Waals surface area contributed by atoms with E-state index in [1.807, 2.05) is 13.8 Å². The number of amides is 1. The summed E-state index contributed by atoms with van der Waals surface area (Å²) in [4.78, 5) is 19.3. The fourth-order valence-electron chi connectivity index (χ4n) is 3.41. The molecular weight excluding hydrogens is 264 g/mol. The van der Waals surface area contributed by atoms with E-state index in [0.717, 1.165) is 19.6 Å². The van der Waals surface area contributed by atoms with E-state index in [2.05, 4.69) is 26.9 Å². The fraction of sp³-hybridized carbons (Fsp3) is 0.938. The lowest BCUT2D eigenvalue weighted by atomic mass is 10.2. The first kappa shape index (κ1) is 16.7. The fourth-order valence-corrected chi connectivity index (χ4v) is 3.41. The Balaban J connectivity index is 1.66. The number of rotatable bonds is 6. The molecule has 0 saturated carbocycles. The topological polar surface area (TPSA) is 38.8 Å². The molecule has 5 heteroatoms. The molecule has 0 spiro atoms. The van der Waals surface area contributed by atoms with E-state index < -0.39 is 0 Å². The molecule has 0 radical (unpaired) electrons. The first-order valence-electron chi connectivity index (χ1n) is 8.56. The molecule has 122 valence electrons. The largest absolute Gasteiger partial charge is 0.354 e. The maximum atomic E-state index is 11.7. The summed E-state index contributed by atoms with van der Waals surface area (Å²) in [7, 11) is 0. The summed E-state index contributed by atoms with van der Waals surface area (Å²) < 4.78 is 0. The molecular formula is C16H32N4O. The van der Waals surface area contributed by atoms with Gasteiger partial charge in [0.15, 0.2) is 0 Å². The Hall–Kier alpha value is -0.650. The van der Waals surface area contributed by atoms with Gasteiger partial charge in [-0.2, -0.15) is 0 Å². The molecule has 1 unspecified atom stereocenters. The monoisotopic (exact) mass is 296 g/mol. The summed E-state index contributed by atoms with van der Waals surface area (Å²) >= 11 is 0. The third kappa shape index (κ3) is 5.24. The first-order chi connectivity index (χ1) is 10.1. The number of likely N-dealkylation sites (N-methyl/N-ethyl adjacent to an activating group) is 1. The molecule has 0 aromatic heterocycles. The highest BCUT2D eigenvalue weighted by atomic mass is 16.1. The molecule has 2 rings (SSSR count). The average molecular weight is 296 g/mol. The molecule has 2 aliphatic rings. The number of piperazine rings is 1. The van der Waals surface area contributed by atoms with Crippen molar-refractivity contribution in [2.24, 2.45) is 0 Å². The second kappa shape index (κ2) is 8.11. The van der Waals surface area contributed by atoms with Crippen molar-refractivity contribution in [1.82, 2.24) is 20.0 Å². The molecule has 0 bridgehead atoms. The first-order valence-corrected chi connectivity index (χ1v) is 8.56. The molecule has 0 aliphatic carbocycles. The third-order valence-electron chi connectivity index (χ3n) is 4.72. The van der Waals surface area contributed by atoms with Gasteiger partial charge in [0.05, 0.1) is 0 Å². The van der Waals surface area contributed by atoms with Crippen LogP contribution in [-0.2, 0) is 4.79 Å². The van der Waals surface area contributed by atoms with Crippen molar-refractivity contribution in [3.63, 3.8) is 0 Å². The average Bonchev–Trinajstić information content (AvgIpc) is 2.93. The lowest BCUT2D eigenvalue weighted by Gasteiger charge is -2.37. The Morgan fingerprint density at radius 3 is 2.48 bits per heavy atom. The van der Waals surface area contributed by atoms with Crippen molar-refractivity contribution in [3.8, 4) is 0 Å². The quantitative estimate of drug-likeness (QED) is 0.780. The number of hydrogen-bond acceptors (Lipinski definition) is 4. The molecule has 2 fully saturated rings. The van der Waals surface area contributed by atoms with Crippen LogP contribution in [-0.4, -0.2) is 85.0 Å². The van der Waals surface area contributed by atoms with Crippen LogP contribution in [0.2, 0.25) is 0 Å². The third-order valence-corrected chi connectivity index (χ3v) is 4.72. The van der Waals surface area contributed by atoms with E-state index in [-0.39, 0.29) is 11.9 Å². The minimum Gasteiger partial charge on any atom is -0.354 e. The van der Waals surface area contributed by atoms with E-state index in [9.17, 15) is 4.79 Å². The molecule has 0 aromatic carbocycles. The Bertz CT molecular complexity index is 326. The zero-order chi connectivity index (χ0) is 15.2. The van der Waals surface area contributed by atoms with Crippen molar-refractivity contribution >= 4 is 5.91 Å². The zero-order valence-electron chi connectivity index (χ0n) is 14.0. The van der Waals surface area contributed by atoms with E-state index in [1.165, 1.54) is 39.1 Å². The Morgan fingerprint density at radius 1 is 1.14 bits per heavy atom. The van der Waals surface area contributed by atoms with Crippen LogP contribution in [0.4, 0.5) is 0 Å². The summed E-state index contributed by atoms with van der Waals surface area (Å²) in [6, 6.07) is 0.954. The predicted octanol–water partition coefficient (Wildman–Crippen LogP) is 0.613. The highest BCUT2D eigenvalue weighted by Gasteiger charge is 2.29. The van der Waals surface area contributed by atoms with Crippen LogP contribution < -0.4 is 5.32 Å². The van der Waals surface area contributed by atoms with Gasteiger partial charge in [0.1, 0.15) is 0 Å². The molecule has 1 amide bonds. The van der Waals surface area contributed by atoms with Crippen LogP contribution in [0.5, 0.6) is 0 Å². The van der Waals surface area contributed by atoms with Gasteiger partial charge in [0, 0.05) is 57.8 Å². The maximum Gasteiger partial charge on any atom is 0.221 e. The van der Waals surface area contributed by atoms with E-state index in [1.54, 1.807) is 0 Å². The number of nitrogens with one attached hydrogen (secondary N) is 1. The maximum absolute atomic E-state index is 11.7. The molecule has 1 atom stereocenters. The number of hydrogen-bond donors (Lipinski definition) is 1. The number of carbonyl (C=O) groups excluding carboxylic acids is 1. The van der Waals surface area contributed by atoms with Gasteiger partial charge in [0.2, 0.25) is 5.91 Å². The van der Waals surface area contributed by atoms with E-state index >= 15 is 0 Å².